The van der Waals surface area contributed by atoms with Gasteiger partial charge in [0.05, 0.1) is 5.56 Å². The normalized spacial score (nSPS) is 19.0. The minimum atomic E-state index is -4.46. The Balaban J connectivity index is 2.27. The molecule has 1 aromatic rings. The van der Waals surface area contributed by atoms with Crippen molar-refractivity contribution in [2.24, 2.45) is 0 Å². The molecule has 0 radical (unpaired) electrons. The summed E-state index contributed by atoms with van der Waals surface area (Å²) in [5.41, 5.74) is -0.499. The Kier molecular flexibility index (Phi) is 5.16. The Morgan fingerprint density at radius 3 is 2.38 bits per heavy atom. The van der Waals surface area contributed by atoms with Crippen molar-refractivity contribution >= 4 is 0 Å². The highest BCUT2D eigenvalue weighted by molar-refractivity contribution is 5.28. The van der Waals surface area contributed by atoms with Crippen molar-refractivity contribution in [2.45, 2.75) is 25.1 Å². The van der Waals surface area contributed by atoms with Crippen LogP contribution in [0.4, 0.5) is 22.0 Å². The molecule has 1 aromatic carbocycles. The molecule has 21 heavy (non-hydrogen) atoms. The van der Waals surface area contributed by atoms with Gasteiger partial charge in [-0.1, -0.05) is 12.1 Å². The lowest BCUT2D eigenvalue weighted by molar-refractivity contribution is -0.137. The highest BCUT2D eigenvalue weighted by atomic mass is 19.4. The van der Waals surface area contributed by atoms with E-state index in [-0.39, 0.29) is 0 Å². The summed E-state index contributed by atoms with van der Waals surface area (Å²) in [6.45, 7) is 2.40. The van der Waals surface area contributed by atoms with Crippen LogP contribution in [0, 0.1) is 0 Å². The van der Waals surface area contributed by atoms with Crippen molar-refractivity contribution in [3.8, 4) is 0 Å². The number of alkyl halides is 5. The van der Waals surface area contributed by atoms with E-state index < -0.39 is 30.6 Å². The number of benzene rings is 1. The summed E-state index contributed by atoms with van der Waals surface area (Å²) in [6, 6.07) is 4.02. The average molecular weight is 308 g/mol. The molecular formula is C14H17F5N2. The van der Waals surface area contributed by atoms with Crippen LogP contribution >= 0.6 is 0 Å². The van der Waals surface area contributed by atoms with E-state index in [1.807, 2.05) is 4.90 Å². The van der Waals surface area contributed by atoms with Crippen molar-refractivity contribution in [1.29, 1.82) is 0 Å². The van der Waals surface area contributed by atoms with Gasteiger partial charge < -0.3 is 5.32 Å². The highest BCUT2D eigenvalue weighted by Crippen LogP contribution is 2.33. The Hall–Kier alpha value is -1.21. The third-order valence-corrected chi connectivity index (χ3v) is 3.59. The molecule has 1 N–H and O–H groups in total. The molecule has 0 amide bonds. The zero-order chi connectivity index (χ0) is 15.5. The largest absolute Gasteiger partial charge is 0.416 e. The van der Waals surface area contributed by atoms with E-state index in [9.17, 15) is 22.0 Å². The summed E-state index contributed by atoms with van der Waals surface area (Å²) in [5.74, 6) is 0. The van der Waals surface area contributed by atoms with Crippen LogP contribution in [0.2, 0.25) is 0 Å². The third-order valence-electron chi connectivity index (χ3n) is 3.59. The van der Waals surface area contributed by atoms with Crippen LogP contribution < -0.4 is 5.32 Å². The van der Waals surface area contributed by atoms with Crippen LogP contribution in [0.25, 0.3) is 0 Å². The van der Waals surface area contributed by atoms with Crippen molar-refractivity contribution in [3.63, 3.8) is 0 Å². The van der Waals surface area contributed by atoms with Gasteiger partial charge in [-0.15, -0.1) is 0 Å². The molecule has 1 aliphatic heterocycles. The maximum atomic E-state index is 12.8. The molecule has 0 unspecified atom stereocenters. The number of piperazine rings is 1. The number of hydrogen-bond donors (Lipinski definition) is 1. The number of rotatable bonds is 4. The number of nitrogens with one attached hydrogen (secondary N) is 1. The van der Waals surface area contributed by atoms with Crippen LogP contribution in [-0.2, 0) is 6.18 Å². The average Bonchev–Trinajstić information content (AvgIpc) is 2.45. The summed E-state index contributed by atoms with van der Waals surface area (Å²) >= 11 is 0. The summed E-state index contributed by atoms with van der Waals surface area (Å²) in [4.78, 5) is 1.82. The fourth-order valence-electron chi connectivity index (χ4n) is 2.58. The summed E-state index contributed by atoms with van der Waals surface area (Å²) in [5, 5.41) is 3.10. The molecular weight excluding hydrogens is 291 g/mol. The third kappa shape index (κ3) is 4.38. The Bertz CT molecular complexity index is 455. The molecule has 1 aliphatic rings. The molecule has 1 saturated heterocycles. The van der Waals surface area contributed by atoms with Gasteiger partial charge >= 0.3 is 6.18 Å². The van der Waals surface area contributed by atoms with Crippen LogP contribution in [-0.4, -0.2) is 37.5 Å². The van der Waals surface area contributed by atoms with Gasteiger partial charge in [0.2, 0.25) is 6.43 Å². The molecule has 2 nitrogen and oxygen atoms in total. The highest BCUT2D eigenvalue weighted by Gasteiger charge is 2.32. The maximum absolute atomic E-state index is 12.8. The molecule has 7 heteroatoms. The van der Waals surface area contributed by atoms with Gasteiger partial charge in [-0.3, -0.25) is 4.90 Å². The monoisotopic (exact) mass is 308 g/mol. The maximum Gasteiger partial charge on any atom is 0.416 e. The van der Waals surface area contributed by atoms with E-state index in [2.05, 4.69) is 5.32 Å². The first-order valence-corrected chi connectivity index (χ1v) is 6.78. The predicted octanol–water partition coefficient (Wildman–Crippen LogP) is 3.31. The zero-order valence-electron chi connectivity index (χ0n) is 11.3. The second-order valence-corrected chi connectivity index (χ2v) is 5.05. The second-order valence-electron chi connectivity index (χ2n) is 5.05. The van der Waals surface area contributed by atoms with Gasteiger partial charge in [-0.2, -0.15) is 13.2 Å². The van der Waals surface area contributed by atoms with Crippen LogP contribution in [0.15, 0.2) is 24.3 Å². The van der Waals surface area contributed by atoms with E-state index in [1.54, 1.807) is 0 Å². The summed E-state index contributed by atoms with van der Waals surface area (Å²) in [7, 11) is 0. The number of hydrogen-bond acceptors (Lipinski definition) is 2. The molecule has 1 heterocycles. The minimum absolute atomic E-state index is 0.298. The van der Waals surface area contributed by atoms with Crippen LogP contribution in [0.1, 0.15) is 23.6 Å². The standard InChI is InChI=1S/C14H17F5N2/c15-13(16)9-12(21-6-4-20-5-7-21)10-2-1-3-11(8-10)14(17,18)19/h1-3,8,12-13,20H,4-7,9H2/t12-/m0/s1. The first kappa shape index (κ1) is 16.2. The first-order chi connectivity index (χ1) is 9.88. The van der Waals surface area contributed by atoms with Crippen molar-refractivity contribution < 1.29 is 22.0 Å². The summed E-state index contributed by atoms with van der Waals surface area (Å²) < 4.78 is 63.9. The van der Waals surface area contributed by atoms with Crippen molar-refractivity contribution in [1.82, 2.24) is 10.2 Å². The van der Waals surface area contributed by atoms with Crippen molar-refractivity contribution in [3.05, 3.63) is 35.4 Å². The SMILES string of the molecule is FC(F)C[C@@H](c1cccc(C(F)(F)F)c1)N1CCNCC1. The fourth-order valence-corrected chi connectivity index (χ4v) is 2.58. The molecule has 0 aliphatic carbocycles. The molecule has 0 spiro atoms. The lowest BCUT2D eigenvalue weighted by Gasteiger charge is -2.35. The van der Waals surface area contributed by atoms with E-state index >= 15 is 0 Å². The van der Waals surface area contributed by atoms with Crippen LogP contribution in [0.3, 0.4) is 0 Å². The molecule has 0 saturated carbocycles. The van der Waals surface area contributed by atoms with Gasteiger partial charge in [0.15, 0.2) is 0 Å². The van der Waals surface area contributed by atoms with E-state index in [1.165, 1.54) is 12.1 Å². The topological polar surface area (TPSA) is 15.3 Å². The van der Waals surface area contributed by atoms with Gasteiger partial charge in [0.1, 0.15) is 0 Å². The van der Waals surface area contributed by atoms with Crippen molar-refractivity contribution in [2.75, 3.05) is 26.2 Å². The molecule has 0 bridgehead atoms. The van der Waals surface area contributed by atoms with E-state index in [4.69, 9.17) is 0 Å². The molecule has 2 rings (SSSR count). The Morgan fingerprint density at radius 2 is 1.81 bits per heavy atom. The minimum Gasteiger partial charge on any atom is -0.314 e. The lowest BCUT2D eigenvalue weighted by atomic mass is 9.99. The van der Waals surface area contributed by atoms with Gasteiger partial charge in [0.25, 0.3) is 0 Å². The quantitative estimate of drug-likeness (QED) is 0.859. The fraction of sp³-hybridized carbons (Fsp3) is 0.571. The van der Waals surface area contributed by atoms with Gasteiger partial charge in [0, 0.05) is 38.6 Å². The second kappa shape index (κ2) is 6.70. The summed E-state index contributed by atoms with van der Waals surface area (Å²) in [6.07, 6.45) is -7.48. The molecule has 1 atom stereocenters. The number of nitrogens with zero attached hydrogens (tertiary/aromatic N) is 1. The van der Waals surface area contributed by atoms with E-state index in [0.29, 0.717) is 31.7 Å². The van der Waals surface area contributed by atoms with E-state index in [0.717, 1.165) is 12.1 Å². The molecule has 1 fully saturated rings. The molecule has 0 aromatic heterocycles. The first-order valence-electron chi connectivity index (χ1n) is 6.78. The van der Waals surface area contributed by atoms with Crippen LogP contribution in [0.5, 0.6) is 0 Å². The Morgan fingerprint density at radius 1 is 1.14 bits per heavy atom. The van der Waals surface area contributed by atoms with Gasteiger partial charge in [-0.25, -0.2) is 8.78 Å². The zero-order valence-corrected chi connectivity index (χ0v) is 11.3. The van der Waals surface area contributed by atoms with Gasteiger partial charge in [-0.05, 0) is 17.7 Å². The number of halogens is 5. The predicted molar refractivity (Wildman–Crippen MR) is 69.2 cm³/mol. The lowest BCUT2D eigenvalue weighted by Crippen LogP contribution is -2.45. The Labute approximate surface area is 119 Å². The molecule has 118 valence electrons. The smallest absolute Gasteiger partial charge is 0.314 e.